The van der Waals surface area contributed by atoms with Gasteiger partial charge in [0.25, 0.3) is 0 Å². The Morgan fingerprint density at radius 2 is 2.06 bits per heavy atom. The molecule has 4 heteroatoms. The maximum atomic E-state index is 13.0. The second-order valence-electron chi connectivity index (χ2n) is 3.89. The summed E-state index contributed by atoms with van der Waals surface area (Å²) in [5, 5.41) is 0. The molecule has 1 atom stereocenters. The molecule has 0 N–H and O–H groups in total. The van der Waals surface area contributed by atoms with Crippen molar-refractivity contribution in [2.24, 2.45) is 0 Å². The van der Waals surface area contributed by atoms with Gasteiger partial charge in [-0.25, -0.2) is 9.37 Å². The Balaban J connectivity index is 0.00000137. The van der Waals surface area contributed by atoms with Gasteiger partial charge in [0.15, 0.2) is 0 Å². The molecule has 3 nitrogen and oxygen atoms in total. The van der Waals surface area contributed by atoms with E-state index in [0.717, 1.165) is 19.3 Å². The molecule has 18 heavy (non-hydrogen) atoms. The predicted molar refractivity (Wildman–Crippen MR) is 73.2 cm³/mol. The molecule has 0 bridgehead atoms. The molecular weight excluding hydrogens is 231 g/mol. The molecule has 0 spiro atoms. The smallest absolute Gasteiger partial charge is 0.215 e. The SMILES string of the molecule is CC.CCCC(C)N(C=O)c1ccc(F)c(C)n1. The third-order valence-electron chi connectivity index (χ3n) is 2.57. The third-order valence-corrected chi connectivity index (χ3v) is 2.57. The van der Waals surface area contributed by atoms with Crippen molar-refractivity contribution < 1.29 is 9.18 Å². The van der Waals surface area contributed by atoms with Gasteiger partial charge in [-0.15, -0.1) is 0 Å². The molecule has 0 saturated carbocycles. The van der Waals surface area contributed by atoms with Crippen LogP contribution in [0.1, 0.15) is 46.2 Å². The minimum Gasteiger partial charge on any atom is -0.297 e. The van der Waals surface area contributed by atoms with Crippen LogP contribution < -0.4 is 4.90 Å². The van der Waals surface area contributed by atoms with Crippen LogP contribution in [0.3, 0.4) is 0 Å². The third kappa shape index (κ3) is 4.43. The van der Waals surface area contributed by atoms with Crippen LogP contribution in [-0.2, 0) is 4.79 Å². The van der Waals surface area contributed by atoms with E-state index in [4.69, 9.17) is 0 Å². The number of hydrogen-bond acceptors (Lipinski definition) is 2. The molecule has 0 aliphatic carbocycles. The number of amides is 1. The summed E-state index contributed by atoms with van der Waals surface area (Å²) in [4.78, 5) is 16.6. The molecule has 102 valence electrons. The van der Waals surface area contributed by atoms with Crippen LogP contribution in [0.25, 0.3) is 0 Å². The number of carbonyl (C=O) groups excluding carboxylic acids is 1. The van der Waals surface area contributed by atoms with Crippen molar-refractivity contribution in [2.75, 3.05) is 4.90 Å². The maximum Gasteiger partial charge on any atom is 0.215 e. The number of halogens is 1. The molecule has 1 aromatic rings. The quantitative estimate of drug-likeness (QED) is 0.750. The van der Waals surface area contributed by atoms with E-state index in [-0.39, 0.29) is 11.9 Å². The number of rotatable bonds is 5. The fourth-order valence-corrected chi connectivity index (χ4v) is 1.62. The highest BCUT2D eigenvalue weighted by Crippen LogP contribution is 2.17. The minimum absolute atomic E-state index is 0.0832. The van der Waals surface area contributed by atoms with Crippen LogP contribution in [-0.4, -0.2) is 17.4 Å². The lowest BCUT2D eigenvalue weighted by Crippen LogP contribution is -2.32. The van der Waals surface area contributed by atoms with E-state index >= 15 is 0 Å². The second kappa shape index (κ2) is 8.61. The minimum atomic E-state index is -0.349. The summed E-state index contributed by atoms with van der Waals surface area (Å²) in [5.74, 6) is 0.160. The van der Waals surface area contributed by atoms with E-state index in [0.29, 0.717) is 11.5 Å². The Morgan fingerprint density at radius 3 is 2.50 bits per heavy atom. The zero-order valence-corrected chi connectivity index (χ0v) is 11.9. The Kier molecular flexibility index (Phi) is 7.92. The molecular formula is C14H23FN2O. The van der Waals surface area contributed by atoms with Gasteiger partial charge >= 0.3 is 0 Å². The van der Waals surface area contributed by atoms with Crippen LogP contribution in [0, 0.1) is 12.7 Å². The first-order chi connectivity index (χ1) is 8.60. The van der Waals surface area contributed by atoms with Gasteiger partial charge in [-0.3, -0.25) is 9.69 Å². The zero-order chi connectivity index (χ0) is 14.1. The highest BCUT2D eigenvalue weighted by Gasteiger charge is 2.15. The summed E-state index contributed by atoms with van der Waals surface area (Å²) in [5.41, 5.74) is 0.313. The molecule has 0 aliphatic rings. The highest BCUT2D eigenvalue weighted by molar-refractivity contribution is 5.73. The first-order valence-electron chi connectivity index (χ1n) is 6.47. The number of nitrogens with zero attached hydrogens (tertiary/aromatic N) is 2. The summed E-state index contributed by atoms with van der Waals surface area (Å²) in [6.45, 7) is 9.60. The summed E-state index contributed by atoms with van der Waals surface area (Å²) in [7, 11) is 0. The highest BCUT2D eigenvalue weighted by atomic mass is 19.1. The Labute approximate surface area is 109 Å². The lowest BCUT2D eigenvalue weighted by molar-refractivity contribution is -0.107. The lowest BCUT2D eigenvalue weighted by Gasteiger charge is -2.24. The molecule has 0 aliphatic heterocycles. The predicted octanol–water partition coefficient (Wildman–Crippen LogP) is 3.71. The fourth-order valence-electron chi connectivity index (χ4n) is 1.62. The fraction of sp³-hybridized carbons (Fsp3) is 0.571. The Bertz CT molecular complexity index is 369. The number of aryl methyl sites for hydroxylation is 1. The largest absolute Gasteiger partial charge is 0.297 e. The van der Waals surface area contributed by atoms with Crippen molar-refractivity contribution in [2.45, 2.75) is 53.5 Å². The first-order valence-corrected chi connectivity index (χ1v) is 6.47. The number of pyridine rings is 1. The van der Waals surface area contributed by atoms with Gasteiger partial charge in [0.1, 0.15) is 11.6 Å². The molecule has 0 fully saturated rings. The molecule has 1 unspecified atom stereocenters. The molecule has 0 aromatic carbocycles. The molecule has 1 amide bonds. The maximum absolute atomic E-state index is 13.0. The number of carbonyl (C=O) groups is 1. The topological polar surface area (TPSA) is 33.2 Å². The van der Waals surface area contributed by atoms with Crippen molar-refractivity contribution in [3.8, 4) is 0 Å². The molecule has 0 saturated heterocycles. The van der Waals surface area contributed by atoms with E-state index in [9.17, 15) is 9.18 Å². The summed E-state index contributed by atoms with van der Waals surface area (Å²) >= 11 is 0. The first kappa shape index (κ1) is 16.6. The van der Waals surface area contributed by atoms with E-state index < -0.39 is 0 Å². The van der Waals surface area contributed by atoms with Crippen molar-refractivity contribution in [3.05, 3.63) is 23.6 Å². The lowest BCUT2D eigenvalue weighted by atomic mass is 10.2. The monoisotopic (exact) mass is 254 g/mol. The molecule has 1 rings (SSSR count). The van der Waals surface area contributed by atoms with Gasteiger partial charge in [-0.1, -0.05) is 27.2 Å². The average molecular weight is 254 g/mol. The summed E-state index contributed by atoms with van der Waals surface area (Å²) in [6, 6.07) is 2.95. The van der Waals surface area contributed by atoms with Crippen LogP contribution in [0.4, 0.5) is 10.2 Å². The number of anilines is 1. The van der Waals surface area contributed by atoms with Gasteiger partial charge < -0.3 is 0 Å². The van der Waals surface area contributed by atoms with Gasteiger partial charge in [0, 0.05) is 6.04 Å². The van der Waals surface area contributed by atoms with Gasteiger partial charge in [0.2, 0.25) is 6.41 Å². The zero-order valence-electron chi connectivity index (χ0n) is 11.9. The normalized spacial score (nSPS) is 11.2. The number of aromatic nitrogens is 1. The van der Waals surface area contributed by atoms with Crippen LogP contribution in [0.15, 0.2) is 12.1 Å². The summed E-state index contributed by atoms with van der Waals surface area (Å²) in [6.07, 6.45) is 2.64. The van der Waals surface area contributed by atoms with Gasteiger partial charge in [-0.05, 0) is 32.4 Å². The molecule has 0 radical (unpaired) electrons. The van der Waals surface area contributed by atoms with E-state index in [1.165, 1.54) is 17.0 Å². The van der Waals surface area contributed by atoms with Crippen molar-refractivity contribution >= 4 is 12.2 Å². The second-order valence-corrected chi connectivity index (χ2v) is 3.89. The number of hydrogen-bond donors (Lipinski definition) is 0. The Hall–Kier alpha value is -1.45. The van der Waals surface area contributed by atoms with E-state index in [1.807, 2.05) is 20.8 Å². The average Bonchev–Trinajstić information content (AvgIpc) is 2.37. The van der Waals surface area contributed by atoms with Gasteiger partial charge in [-0.2, -0.15) is 0 Å². The van der Waals surface area contributed by atoms with Gasteiger partial charge in [0.05, 0.1) is 5.69 Å². The van der Waals surface area contributed by atoms with Crippen LogP contribution in [0.5, 0.6) is 0 Å². The Morgan fingerprint density at radius 1 is 1.44 bits per heavy atom. The summed E-state index contributed by atoms with van der Waals surface area (Å²) < 4.78 is 13.0. The molecule has 1 heterocycles. The van der Waals surface area contributed by atoms with Crippen molar-refractivity contribution in [3.63, 3.8) is 0 Å². The van der Waals surface area contributed by atoms with Crippen molar-refractivity contribution in [1.29, 1.82) is 0 Å². The van der Waals surface area contributed by atoms with Crippen LogP contribution >= 0.6 is 0 Å². The van der Waals surface area contributed by atoms with Crippen molar-refractivity contribution in [1.82, 2.24) is 4.98 Å². The van der Waals surface area contributed by atoms with E-state index in [2.05, 4.69) is 11.9 Å². The van der Waals surface area contributed by atoms with E-state index in [1.54, 1.807) is 6.92 Å². The molecule has 1 aromatic heterocycles. The van der Waals surface area contributed by atoms with Crippen LogP contribution in [0.2, 0.25) is 0 Å². The standard InChI is InChI=1S/C12H17FN2O.C2H6/c1-4-5-9(2)15(8-16)12-7-6-11(13)10(3)14-12;1-2/h6-9H,4-5H2,1-3H3;1-2H3.